The van der Waals surface area contributed by atoms with Crippen LogP contribution in [0.3, 0.4) is 0 Å². The lowest BCUT2D eigenvalue weighted by Crippen LogP contribution is -2.12. The lowest BCUT2D eigenvalue weighted by molar-refractivity contribution is 0.211. The van der Waals surface area contributed by atoms with Crippen molar-refractivity contribution in [1.29, 1.82) is 0 Å². The van der Waals surface area contributed by atoms with Crippen LogP contribution in [-0.4, -0.2) is 12.7 Å². The van der Waals surface area contributed by atoms with E-state index in [1.807, 2.05) is 24.3 Å². The second kappa shape index (κ2) is 9.68. The predicted molar refractivity (Wildman–Crippen MR) is 85.6 cm³/mol. The molecule has 0 aliphatic heterocycles. The first-order chi connectivity index (χ1) is 9.69. The zero-order chi connectivity index (χ0) is 14.8. The van der Waals surface area contributed by atoms with E-state index in [2.05, 4.69) is 27.7 Å². The van der Waals surface area contributed by atoms with Crippen LogP contribution < -0.4 is 9.47 Å². The molecule has 0 saturated heterocycles. The molecule has 0 heterocycles. The van der Waals surface area contributed by atoms with Gasteiger partial charge in [0.15, 0.2) is 0 Å². The minimum absolute atomic E-state index is 0.248. The molecule has 1 rings (SSSR count). The van der Waals surface area contributed by atoms with Crippen LogP contribution >= 0.6 is 0 Å². The minimum Gasteiger partial charge on any atom is -0.493 e. The maximum atomic E-state index is 5.95. The summed E-state index contributed by atoms with van der Waals surface area (Å²) in [6.45, 7) is 9.51. The molecule has 20 heavy (non-hydrogen) atoms. The first kappa shape index (κ1) is 16.9. The van der Waals surface area contributed by atoms with Gasteiger partial charge in [-0.1, -0.05) is 39.7 Å². The third-order valence-electron chi connectivity index (χ3n) is 3.60. The summed E-state index contributed by atoms with van der Waals surface area (Å²) < 4.78 is 11.8. The predicted octanol–water partition coefficient (Wildman–Crippen LogP) is 5.46. The van der Waals surface area contributed by atoms with Crippen molar-refractivity contribution < 1.29 is 9.47 Å². The van der Waals surface area contributed by atoms with Gasteiger partial charge in [0.1, 0.15) is 11.5 Å². The summed E-state index contributed by atoms with van der Waals surface area (Å²) in [5, 5.41) is 0. The van der Waals surface area contributed by atoms with Gasteiger partial charge >= 0.3 is 0 Å². The molecule has 0 amide bonds. The smallest absolute Gasteiger partial charge is 0.123 e. The number of rotatable bonds is 10. The Hall–Kier alpha value is -1.18. The van der Waals surface area contributed by atoms with Gasteiger partial charge < -0.3 is 9.47 Å². The molecule has 114 valence electrons. The zero-order valence-corrected chi connectivity index (χ0v) is 13.5. The molecular weight excluding hydrogens is 248 g/mol. The fraction of sp³-hybridized carbons (Fsp3) is 0.667. The number of ether oxygens (including phenoxy) is 2. The highest BCUT2D eigenvalue weighted by atomic mass is 16.5. The van der Waals surface area contributed by atoms with Gasteiger partial charge in [0.25, 0.3) is 0 Å². The van der Waals surface area contributed by atoms with Gasteiger partial charge in [0, 0.05) is 6.07 Å². The summed E-state index contributed by atoms with van der Waals surface area (Å²) in [4.78, 5) is 0. The van der Waals surface area contributed by atoms with Crippen molar-refractivity contribution in [3.63, 3.8) is 0 Å². The standard InChI is InChI=1S/C18H30O2/c1-5-9-16(10-6-2)14-19-17-11-8-12-18(13-17)20-15(4)7-3/h8,11-13,15-16H,5-7,9-10,14H2,1-4H3/t15-/m0/s1. The largest absolute Gasteiger partial charge is 0.493 e. The first-order valence-corrected chi connectivity index (χ1v) is 8.09. The van der Waals surface area contributed by atoms with Crippen LogP contribution in [0.2, 0.25) is 0 Å². The number of hydrogen-bond donors (Lipinski definition) is 0. The van der Waals surface area contributed by atoms with Gasteiger partial charge in [-0.2, -0.15) is 0 Å². The van der Waals surface area contributed by atoms with Crippen molar-refractivity contribution in [1.82, 2.24) is 0 Å². The van der Waals surface area contributed by atoms with Crippen LogP contribution in [-0.2, 0) is 0 Å². The molecule has 1 aromatic rings. The van der Waals surface area contributed by atoms with Crippen LogP contribution in [0, 0.1) is 5.92 Å². The van der Waals surface area contributed by atoms with Crippen molar-refractivity contribution in [2.75, 3.05) is 6.61 Å². The Morgan fingerprint density at radius 2 is 1.65 bits per heavy atom. The van der Waals surface area contributed by atoms with Crippen LogP contribution in [0.5, 0.6) is 11.5 Å². The molecule has 0 aromatic heterocycles. The average molecular weight is 278 g/mol. The lowest BCUT2D eigenvalue weighted by Gasteiger charge is -2.17. The molecule has 0 N–H and O–H groups in total. The maximum absolute atomic E-state index is 5.95. The molecule has 0 fully saturated rings. The highest BCUT2D eigenvalue weighted by Crippen LogP contribution is 2.23. The molecule has 0 radical (unpaired) electrons. The van der Waals surface area contributed by atoms with Crippen molar-refractivity contribution >= 4 is 0 Å². The molecule has 0 aliphatic rings. The Balaban J connectivity index is 2.52. The summed E-state index contributed by atoms with van der Waals surface area (Å²) in [7, 11) is 0. The Bertz CT molecular complexity index is 356. The van der Waals surface area contributed by atoms with E-state index in [-0.39, 0.29) is 6.10 Å². The normalized spacial score (nSPS) is 12.4. The zero-order valence-electron chi connectivity index (χ0n) is 13.5. The highest BCUT2D eigenvalue weighted by molar-refractivity contribution is 5.33. The van der Waals surface area contributed by atoms with E-state index >= 15 is 0 Å². The molecular formula is C18H30O2. The van der Waals surface area contributed by atoms with Gasteiger partial charge in [-0.05, 0) is 44.2 Å². The number of hydrogen-bond acceptors (Lipinski definition) is 2. The molecule has 0 saturated carbocycles. The lowest BCUT2D eigenvalue weighted by atomic mass is 9.99. The van der Waals surface area contributed by atoms with Gasteiger partial charge in [-0.25, -0.2) is 0 Å². The Labute approximate surface area is 124 Å². The van der Waals surface area contributed by atoms with Crippen LogP contribution in [0.25, 0.3) is 0 Å². The summed E-state index contributed by atoms with van der Waals surface area (Å²) in [5.41, 5.74) is 0. The molecule has 0 unspecified atom stereocenters. The second-order valence-corrected chi connectivity index (χ2v) is 5.57. The Kier molecular flexibility index (Phi) is 8.17. The second-order valence-electron chi connectivity index (χ2n) is 5.57. The fourth-order valence-electron chi connectivity index (χ4n) is 2.29. The van der Waals surface area contributed by atoms with Gasteiger partial charge in [0.2, 0.25) is 0 Å². The summed E-state index contributed by atoms with van der Waals surface area (Å²) in [6.07, 6.45) is 6.21. The fourth-order valence-corrected chi connectivity index (χ4v) is 2.29. The third-order valence-corrected chi connectivity index (χ3v) is 3.60. The van der Waals surface area contributed by atoms with Crippen LogP contribution in [0.1, 0.15) is 59.8 Å². The van der Waals surface area contributed by atoms with Gasteiger partial charge in [0.05, 0.1) is 12.7 Å². The Morgan fingerprint density at radius 1 is 1.00 bits per heavy atom. The molecule has 0 bridgehead atoms. The summed E-state index contributed by atoms with van der Waals surface area (Å²) >= 11 is 0. The third kappa shape index (κ3) is 6.31. The molecule has 1 aromatic carbocycles. The molecule has 0 aliphatic carbocycles. The quantitative estimate of drug-likeness (QED) is 0.566. The molecule has 1 atom stereocenters. The van der Waals surface area contributed by atoms with E-state index < -0.39 is 0 Å². The monoisotopic (exact) mass is 278 g/mol. The van der Waals surface area contributed by atoms with E-state index in [1.54, 1.807) is 0 Å². The highest BCUT2D eigenvalue weighted by Gasteiger charge is 2.08. The van der Waals surface area contributed by atoms with E-state index in [9.17, 15) is 0 Å². The molecule has 0 spiro atoms. The van der Waals surface area contributed by atoms with E-state index in [4.69, 9.17) is 9.47 Å². The molecule has 2 heteroatoms. The summed E-state index contributed by atoms with van der Waals surface area (Å²) in [5.74, 6) is 2.49. The van der Waals surface area contributed by atoms with Crippen molar-refractivity contribution in [3.05, 3.63) is 24.3 Å². The van der Waals surface area contributed by atoms with Crippen molar-refractivity contribution in [3.8, 4) is 11.5 Å². The first-order valence-electron chi connectivity index (χ1n) is 8.09. The maximum Gasteiger partial charge on any atom is 0.123 e. The number of benzene rings is 1. The van der Waals surface area contributed by atoms with Crippen LogP contribution in [0.15, 0.2) is 24.3 Å². The van der Waals surface area contributed by atoms with Crippen LogP contribution in [0.4, 0.5) is 0 Å². The SMILES string of the molecule is CCCC(CCC)COc1cccc(O[C@@H](C)CC)c1. The minimum atomic E-state index is 0.248. The van der Waals surface area contributed by atoms with E-state index in [0.29, 0.717) is 5.92 Å². The van der Waals surface area contributed by atoms with Crippen molar-refractivity contribution in [2.24, 2.45) is 5.92 Å². The van der Waals surface area contributed by atoms with Crippen molar-refractivity contribution in [2.45, 2.75) is 65.9 Å². The topological polar surface area (TPSA) is 18.5 Å². The van der Waals surface area contributed by atoms with E-state index in [1.165, 1.54) is 25.7 Å². The average Bonchev–Trinajstić information content (AvgIpc) is 2.45. The van der Waals surface area contributed by atoms with Gasteiger partial charge in [-0.3, -0.25) is 0 Å². The van der Waals surface area contributed by atoms with Gasteiger partial charge in [-0.15, -0.1) is 0 Å². The summed E-state index contributed by atoms with van der Waals surface area (Å²) in [6, 6.07) is 8.01. The van der Waals surface area contributed by atoms with E-state index in [0.717, 1.165) is 24.5 Å². The molecule has 2 nitrogen and oxygen atoms in total. The Morgan fingerprint density at radius 3 is 2.25 bits per heavy atom.